The summed E-state index contributed by atoms with van der Waals surface area (Å²) < 4.78 is 0. The third-order valence-electron chi connectivity index (χ3n) is 2.34. The van der Waals surface area contributed by atoms with Crippen molar-refractivity contribution in [1.29, 1.82) is 0 Å². The second kappa shape index (κ2) is 5.28. The number of hydrogen-bond donors (Lipinski definition) is 0. The van der Waals surface area contributed by atoms with Gasteiger partial charge in [-0.3, -0.25) is 9.97 Å². The Morgan fingerprint density at radius 2 is 1.12 bits per heavy atom. The van der Waals surface area contributed by atoms with Crippen LogP contribution in [0.2, 0.25) is 0 Å². The van der Waals surface area contributed by atoms with Crippen LogP contribution in [0.15, 0.2) is 48.8 Å². The average Bonchev–Trinajstić information content (AvgIpc) is 2.29. The van der Waals surface area contributed by atoms with E-state index in [0.29, 0.717) is 0 Å². The monoisotopic (exact) mass is 410 g/mol. The molecular weight excluding hydrogens is 397 g/mol. The molecule has 2 heterocycles. The Morgan fingerprint density at radius 1 is 0.688 bits per heavy atom. The molecule has 1 aromatic carbocycles. The Labute approximate surface area is 112 Å². The number of rotatable bonds is 0. The minimum absolute atomic E-state index is 0. The van der Waals surface area contributed by atoms with Gasteiger partial charge in [0, 0.05) is 23.2 Å². The molecule has 0 atom stereocenters. The van der Waals surface area contributed by atoms with Crippen LogP contribution >= 0.6 is 0 Å². The number of pyridine rings is 2. The smallest absolute Gasteiger partial charge is 0.0964 e. The maximum Gasteiger partial charge on any atom is 0.0964 e. The van der Waals surface area contributed by atoms with Crippen molar-refractivity contribution in [2.24, 2.45) is 0 Å². The third-order valence-corrected chi connectivity index (χ3v) is 2.34. The molecular formula is C12H13BiN2O. The first kappa shape index (κ1) is 13.0. The van der Waals surface area contributed by atoms with E-state index in [1.54, 1.807) is 12.4 Å². The van der Waals surface area contributed by atoms with Crippen molar-refractivity contribution in [2.45, 2.75) is 0 Å². The fourth-order valence-corrected chi connectivity index (χ4v) is 1.68. The average molecular weight is 410 g/mol. The van der Waals surface area contributed by atoms with Crippen LogP contribution < -0.4 is 0 Å². The van der Waals surface area contributed by atoms with Crippen molar-refractivity contribution in [1.82, 2.24) is 9.97 Å². The number of hydrogen-bond acceptors (Lipinski definition) is 2. The second-order valence-electron chi connectivity index (χ2n) is 3.22. The van der Waals surface area contributed by atoms with E-state index in [4.69, 9.17) is 0 Å². The fraction of sp³-hybridized carbons (Fsp3) is 0. The SMILES string of the molecule is O.[BiH3].c1cnc2c(c1)ccc1cccnc12. The van der Waals surface area contributed by atoms with Gasteiger partial charge in [0.15, 0.2) is 0 Å². The zero-order valence-corrected chi connectivity index (χ0v) is 14.2. The van der Waals surface area contributed by atoms with E-state index in [-0.39, 0.29) is 31.7 Å². The molecule has 16 heavy (non-hydrogen) atoms. The van der Waals surface area contributed by atoms with Crippen molar-refractivity contribution < 1.29 is 5.48 Å². The first-order chi connectivity index (χ1) is 6.95. The van der Waals surface area contributed by atoms with Gasteiger partial charge in [0.2, 0.25) is 0 Å². The molecule has 0 amide bonds. The molecule has 0 saturated heterocycles. The summed E-state index contributed by atoms with van der Waals surface area (Å²) in [5.41, 5.74) is 1.95. The Balaban J connectivity index is 0.000000640. The van der Waals surface area contributed by atoms with Crippen LogP contribution in [0.3, 0.4) is 0 Å². The molecule has 0 aliphatic heterocycles. The van der Waals surface area contributed by atoms with E-state index >= 15 is 0 Å². The van der Waals surface area contributed by atoms with Crippen LogP contribution in [0.25, 0.3) is 21.8 Å². The number of fused-ring (bicyclic) bond motifs is 3. The minimum Gasteiger partial charge on any atom is -0.254 e. The zero-order chi connectivity index (χ0) is 9.38. The fourth-order valence-electron chi connectivity index (χ4n) is 1.68. The van der Waals surface area contributed by atoms with Gasteiger partial charge in [-0.1, -0.05) is 24.3 Å². The largest absolute Gasteiger partial charge is 0.254 e. The quantitative estimate of drug-likeness (QED) is 0.406. The molecule has 0 bridgehead atoms. The molecule has 3 aromatic rings. The van der Waals surface area contributed by atoms with Crippen LogP contribution in [0.1, 0.15) is 0 Å². The van der Waals surface area contributed by atoms with Crippen LogP contribution in [0.4, 0.5) is 0 Å². The normalized spacial score (nSPS) is 9.50. The number of aromatic nitrogens is 2. The molecule has 0 spiro atoms. The van der Waals surface area contributed by atoms with E-state index in [9.17, 15) is 0 Å². The van der Waals surface area contributed by atoms with Gasteiger partial charge < -0.3 is 5.48 Å². The van der Waals surface area contributed by atoms with E-state index < -0.39 is 0 Å². The van der Waals surface area contributed by atoms with Gasteiger partial charge in [0.1, 0.15) is 0 Å². The van der Waals surface area contributed by atoms with Crippen molar-refractivity contribution in [2.75, 3.05) is 0 Å². The van der Waals surface area contributed by atoms with Crippen molar-refractivity contribution in [3.63, 3.8) is 0 Å². The first-order valence-electron chi connectivity index (χ1n) is 4.53. The maximum atomic E-state index is 4.35. The molecule has 0 aliphatic carbocycles. The standard InChI is InChI=1S/C12H8N2.Bi.H2O.3H/c1-3-9-5-6-10-4-2-8-14-12(10)11(9)13-7-1;;;;;/h1-8H;;1H2;;;. The number of benzene rings is 1. The third kappa shape index (κ3) is 2.04. The molecule has 0 fully saturated rings. The van der Waals surface area contributed by atoms with Gasteiger partial charge in [0.05, 0.1) is 11.0 Å². The maximum absolute atomic E-state index is 4.35. The minimum atomic E-state index is 0. The molecule has 2 aromatic heterocycles. The summed E-state index contributed by atoms with van der Waals surface area (Å²) in [6.45, 7) is 0. The molecule has 0 radical (unpaired) electrons. The Hall–Kier alpha value is -1.12. The van der Waals surface area contributed by atoms with Crippen LogP contribution in [0.5, 0.6) is 0 Å². The summed E-state index contributed by atoms with van der Waals surface area (Å²) in [5.74, 6) is 0. The van der Waals surface area contributed by atoms with Crippen molar-refractivity contribution in [3.05, 3.63) is 48.8 Å². The summed E-state index contributed by atoms with van der Waals surface area (Å²) in [7, 11) is 0. The molecule has 0 unspecified atom stereocenters. The summed E-state index contributed by atoms with van der Waals surface area (Å²) in [6, 6.07) is 12.1. The van der Waals surface area contributed by atoms with E-state index in [0.717, 1.165) is 21.8 Å². The predicted molar refractivity (Wildman–Crippen MR) is 70.6 cm³/mol. The van der Waals surface area contributed by atoms with Gasteiger partial charge in [-0.25, -0.2) is 0 Å². The van der Waals surface area contributed by atoms with Crippen LogP contribution in [0, 0.1) is 0 Å². The van der Waals surface area contributed by atoms with Gasteiger partial charge in [0.25, 0.3) is 0 Å². The van der Waals surface area contributed by atoms with E-state index in [2.05, 4.69) is 34.2 Å². The van der Waals surface area contributed by atoms with Gasteiger partial charge >= 0.3 is 26.2 Å². The number of nitrogens with zero attached hydrogens (tertiary/aromatic N) is 2. The first-order valence-corrected chi connectivity index (χ1v) is 4.53. The van der Waals surface area contributed by atoms with Crippen molar-refractivity contribution in [3.8, 4) is 0 Å². The van der Waals surface area contributed by atoms with Gasteiger partial charge in [-0.05, 0) is 12.1 Å². The van der Waals surface area contributed by atoms with Gasteiger partial charge in [-0.15, -0.1) is 0 Å². The molecule has 82 valence electrons. The molecule has 2 N–H and O–H groups in total. The Morgan fingerprint density at radius 3 is 1.56 bits per heavy atom. The summed E-state index contributed by atoms with van der Waals surface area (Å²) in [6.07, 6.45) is 3.60. The molecule has 0 aliphatic rings. The zero-order valence-electron chi connectivity index (χ0n) is 8.72. The van der Waals surface area contributed by atoms with Crippen LogP contribution in [-0.4, -0.2) is 41.6 Å². The van der Waals surface area contributed by atoms with E-state index in [1.165, 1.54) is 0 Å². The summed E-state index contributed by atoms with van der Waals surface area (Å²) in [5, 5.41) is 2.28. The second-order valence-corrected chi connectivity index (χ2v) is 3.22. The van der Waals surface area contributed by atoms with Crippen molar-refractivity contribution >= 4 is 48.0 Å². The Bertz CT molecular complexity index is 558. The summed E-state index contributed by atoms with van der Waals surface area (Å²) >= 11 is 0. The molecule has 3 rings (SSSR count). The van der Waals surface area contributed by atoms with Crippen LogP contribution in [-0.2, 0) is 0 Å². The predicted octanol–water partition coefficient (Wildman–Crippen LogP) is 0.774. The molecule has 0 saturated carbocycles. The van der Waals surface area contributed by atoms with Gasteiger partial charge in [-0.2, -0.15) is 0 Å². The molecule has 4 heteroatoms. The topological polar surface area (TPSA) is 57.3 Å². The summed E-state index contributed by atoms with van der Waals surface area (Å²) in [4.78, 5) is 8.69. The van der Waals surface area contributed by atoms with E-state index in [1.807, 2.05) is 12.1 Å². The molecule has 3 nitrogen and oxygen atoms in total. The Kier molecular flexibility index (Phi) is 4.28.